The van der Waals surface area contributed by atoms with Crippen molar-refractivity contribution in [3.63, 3.8) is 0 Å². The lowest BCUT2D eigenvalue weighted by molar-refractivity contribution is 0.253. The Morgan fingerprint density at radius 1 is 0.512 bits per heavy atom. The molecule has 0 fully saturated rings. The van der Waals surface area contributed by atoms with E-state index in [9.17, 15) is 0 Å². The molecule has 5 heteroatoms. The van der Waals surface area contributed by atoms with Crippen LogP contribution < -0.4 is 21.9 Å². The number of fused-ring (bicyclic) bond motifs is 3. The monoisotopic (exact) mass is 529 g/mol. The highest BCUT2D eigenvalue weighted by Gasteiger charge is 2.43. The van der Waals surface area contributed by atoms with Gasteiger partial charge in [0.1, 0.15) is 0 Å². The van der Waals surface area contributed by atoms with Crippen molar-refractivity contribution in [2.24, 2.45) is 0 Å². The van der Waals surface area contributed by atoms with E-state index in [0.29, 0.717) is 0 Å². The summed E-state index contributed by atoms with van der Waals surface area (Å²) in [6, 6.07) is 33.7. The van der Waals surface area contributed by atoms with E-state index in [1.807, 2.05) is 0 Å². The van der Waals surface area contributed by atoms with E-state index < -0.39 is 0 Å². The van der Waals surface area contributed by atoms with Gasteiger partial charge in [-0.25, -0.2) is 0 Å². The number of aromatic nitrogens is 1. The second kappa shape index (κ2) is 8.25. The Hall–Kier alpha value is -4.05. The summed E-state index contributed by atoms with van der Waals surface area (Å²) in [6.07, 6.45) is 0.199. The Morgan fingerprint density at radius 2 is 1.07 bits per heavy atom. The first-order valence-corrected chi connectivity index (χ1v) is 14.8. The number of rotatable bonds is 5. The zero-order valence-corrected chi connectivity index (χ0v) is 23.7. The largest absolute Gasteiger partial charge is 0.425 e. The van der Waals surface area contributed by atoms with E-state index in [1.165, 1.54) is 82.0 Å². The molecule has 2 aliphatic rings. The van der Waals surface area contributed by atoms with Gasteiger partial charge in [-0.1, -0.05) is 84.9 Å². The van der Waals surface area contributed by atoms with Gasteiger partial charge < -0.3 is 13.9 Å². The molecular weight excluding hydrogens is 500 g/mol. The summed E-state index contributed by atoms with van der Waals surface area (Å²) in [5, 5.41) is 7.89. The van der Waals surface area contributed by atoms with Crippen molar-refractivity contribution in [2.75, 3.05) is 0 Å². The smallest absolute Gasteiger partial charge is 0.366 e. The normalized spacial score (nSPS) is 13.9. The molecule has 9 rings (SSSR count). The number of benzene rings is 6. The maximum Gasteiger partial charge on any atom is 0.366 e. The Bertz CT molecular complexity index is 2170. The Kier molecular flexibility index (Phi) is 4.76. The third-order valence-electron chi connectivity index (χ3n) is 9.09. The quantitative estimate of drug-likeness (QED) is 0.205. The molecule has 1 aromatic heterocycles. The minimum atomic E-state index is -0.127. The zero-order valence-electron chi connectivity index (χ0n) is 23.7. The van der Waals surface area contributed by atoms with E-state index in [4.69, 9.17) is 9.31 Å². The molecule has 0 saturated heterocycles. The molecule has 0 amide bonds. The summed E-state index contributed by atoms with van der Waals surface area (Å²) in [7, 11) is 0. The van der Waals surface area contributed by atoms with Crippen LogP contribution in [-0.4, -0.2) is 30.6 Å². The van der Waals surface area contributed by atoms with Crippen molar-refractivity contribution in [3.05, 3.63) is 91.0 Å². The molecular formula is C36H29B2NO2. The fourth-order valence-electron chi connectivity index (χ4n) is 7.66. The fraction of sp³-hybridized carbons (Fsp3) is 0.167. The molecule has 0 N–H and O–H groups in total. The van der Waals surface area contributed by atoms with Crippen molar-refractivity contribution < 1.29 is 9.31 Å². The highest BCUT2D eigenvalue weighted by molar-refractivity contribution is 6.88. The van der Waals surface area contributed by atoms with Crippen LogP contribution in [0.1, 0.15) is 27.7 Å². The van der Waals surface area contributed by atoms with Crippen LogP contribution in [0.15, 0.2) is 91.0 Å². The second-order valence-electron chi connectivity index (χ2n) is 12.2. The van der Waals surface area contributed by atoms with Crippen LogP contribution in [0, 0.1) is 0 Å². The molecule has 0 bridgehead atoms. The second-order valence-corrected chi connectivity index (χ2v) is 12.2. The van der Waals surface area contributed by atoms with Gasteiger partial charge in [-0.3, -0.25) is 0 Å². The third kappa shape index (κ3) is 3.03. The van der Waals surface area contributed by atoms with Gasteiger partial charge in [0.2, 0.25) is 0 Å². The van der Waals surface area contributed by atoms with Crippen LogP contribution in [-0.2, 0) is 9.31 Å². The van der Waals surface area contributed by atoms with Gasteiger partial charge in [-0.2, -0.15) is 0 Å². The third-order valence-corrected chi connectivity index (χ3v) is 9.09. The summed E-state index contributed by atoms with van der Waals surface area (Å²) in [5.74, 6) is 0. The number of para-hydroxylation sites is 1. The summed E-state index contributed by atoms with van der Waals surface area (Å²) in [4.78, 5) is 0. The average molecular weight is 529 g/mol. The summed E-state index contributed by atoms with van der Waals surface area (Å²) in [5.41, 5.74) is 11.3. The molecule has 7 aromatic rings. The SMILES string of the molecule is CC(C)OB1c2cccc3c2-n2c4c1ccc1c5ccc(-c6ccccc6)cc5c5ccc(c2c5c14)B3OC(C)C. The van der Waals surface area contributed by atoms with Gasteiger partial charge in [0.15, 0.2) is 0 Å². The van der Waals surface area contributed by atoms with Crippen LogP contribution in [0.3, 0.4) is 0 Å². The first kappa shape index (κ1) is 23.6. The van der Waals surface area contributed by atoms with Gasteiger partial charge in [-0.15, -0.1) is 0 Å². The molecule has 6 aromatic carbocycles. The first-order chi connectivity index (χ1) is 20.0. The summed E-state index contributed by atoms with van der Waals surface area (Å²) >= 11 is 0. The molecule has 0 radical (unpaired) electrons. The molecule has 41 heavy (non-hydrogen) atoms. The van der Waals surface area contributed by atoms with E-state index in [0.717, 1.165) is 0 Å². The standard InChI is InChI=1S/C36H29B2NO2/c1-20(2)40-37-28-11-8-12-29-34(28)39-35-30(37)17-15-25-24-14-13-23(22-9-6-5-7-10-22)19-27(24)26-16-18-31(38(29)41-21(3)4)36(39)33(26)32(25)35/h5-21H,1-4H3. The number of hydrogen-bond donors (Lipinski definition) is 0. The van der Waals surface area contributed by atoms with E-state index >= 15 is 0 Å². The highest BCUT2D eigenvalue weighted by Crippen LogP contribution is 2.45. The van der Waals surface area contributed by atoms with Gasteiger partial charge >= 0.3 is 13.8 Å². The van der Waals surface area contributed by atoms with Crippen molar-refractivity contribution in [3.8, 4) is 16.8 Å². The van der Waals surface area contributed by atoms with Gasteiger partial charge in [0.05, 0.1) is 11.0 Å². The van der Waals surface area contributed by atoms with Crippen LogP contribution in [0.5, 0.6) is 0 Å². The first-order valence-electron chi connectivity index (χ1n) is 14.8. The maximum absolute atomic E-state index is 6.73. The van der Waals surface area contributed by atoms with Crippen molar-refractivity contribution in [1.29, 1.82) is 0 Å². The Balaban J connectivity index is 1.49. The molecule has 3 nitrogen and oxygen atoms in total. The number of hydrogen-bond acceptors (Lipinski definition) is 2. The highest BCUT2D eigenvalue weighted by atomic mass is 16.4. The summed E-state index contributed by atoms with van der Waals surface area (Å²) in [6.45, 7) is 8.29. The molecule has 0 saturated carbocycles. The Morgan fingerprint density at radius 3 is 1.66 bits per heavy atom. The van der Waals surface area contributed by atoms with E-state index in [1.54, 1.807) is 0 Å². The zero-order chi connectivity index (χ0) is 27.6. The van der Waals surface area contributed by atoms with Crippen LogP contribution in [0.25, 0.3) is 60.2 Å². The van der Waals surface area contributed by atoms with Gasteiger partial charge in [0, 0.05) is 28.7 Å². The topological polar surface area (TPSA) is 23.4 Å². The summed E-state index contributed by atoms with van der Waals surface area (Å²) < 4.78 is 16.0. The van der Waals surface area contributed by atoms with Crippen molar-refractivity contribution in [2.45, 2.75) is 39.9 Å². The minimum Gasteiger partial charge on any atom is -0.425 e. The molecule has 2 aliphatic heterocycles. The minimum absolute atomic E-state index is 0.0981. The van der Waals surface area contributed by atoms with Crippen LogP contribution in [0.2, 0.25) is 0 Å². The Labute approximate surface area is 240 Å². The average Bonchev–Trinajstić information content (AvgIpc) is 3.34. The molecule has 0 unspecified atom stereocenters. The van der Waals surface area contributed by atoms with Crippen LogP contribution in [0.4, 0.5) is 0 Å². The predicted octanol–water partition coefficient (Wildman–Crippen LogP) is 5.88. The van der Waals surface area contributed by atoms with Crippen LogP contribution >= 0.6 is 0 Å². The van der Waals surface area contributed by atoms with E-state index in [-0.39, 0.29) is 26.0 Å². The van der Waals surface area contributed by atoms with Gasteiger partial charge in [0.25, 0.3) is 0 Å². The lowest BCUT2D eigenvalue weighted by Crippen LogP contribution is -2.59. The maximum atomic E-state index is 6.73. The number of nitrogens with zero attached hydrogens (tertiary/aromatic N) is 1. The van der Waals surface area contributed by atoms with Crippen molar-refractivity contribution in [1.82, 2.24) is 4.57 Å². The molecule has 196 valence electrons. The fourth-order valence-corrected chi connectivity index (χ4v) is 7.66. The lowest BCUT2D eigenvalue weighted by atomic mass is 9.47. The molecule has 0 spiro atoms. The molecule has 3 heterocycles. The van der Waals surface area contributed by atoms with E-state index in [2.05, 4.69) is 123 Å². The molecule has 0 aliphatic carbocycles. The predicted molar refractivity (Wildman–Crippen MR) is 175 cm³/mol. The van der Waals surface area contributed by atoms with Crippen molar-refractivity contribution >= 4 is 79.0 Å². The van der Waals surface area contributed by atoms with Gasteiger partial charge in [-0.05, 0) is 88.3 Å². The lowest BCUT2D eigenvalue weighted by Gasteiger charge is -2.34. The molecule has 0 atom stereocenters.